The van der Waals surface area contributed by atoms with Gasteiger partial charge in [0, 0.05) is 10.9 Å². The van der Waals surface area contributed by atoms with Gasteiger partial charge in [-0.3, -0.25) is 0 Å². The van der Waals surface area contributed by atoms with E-state index in [1.165, 1.54) is 11.3 Å². The molecule has 7 heteroatoms. The van der Waals surface area contributed by atoms with Gasteiger partial charge in [-0.25, -0.2) is 9.50 Å². The number of thiophene rings is 1. The summed E-state index contributed by atoms with van der Waals surface area (Å²) in [4.78, 5) is 5.47. The molecule has 4 rings (SSSR count). The second kappa shape index (κ2) is 4.77. The van der Waals surface area contributed by atoms with E-state index in [4.69, 9.17) is 4.42 Å². The number of anilines is 1. The molecular formula is C13H10N4OS2. The molecular weight excluding hydrogens is 292 g/mol. The van der Waals surface area contributed by atoms with Gasteiger partial charge in [0.25, 0.3) is 0 Å². The van der Waals surface area contributed by atoms with E-state index in [1.54, 1.807) is 17.6 Å². The van der Waals surface area contributed by atoms with Crippen molar-refractivity contribution in [2.45, 2.75) is 6.54 Å². The fourth-order valence-corrected chi connectivity index (χ4v) is 3.32. The van der Waals surface area contributed by atoms with Gasteiger partial charge in [-0.15, -0.1) is 5.10 Å². The predicted octanol–water partition coefficient (Wildman–Crippen LogP) is 3.72. The maximum absolute atomic E-state index is 5.27. The Hall–Kier alpha value is -2.12. The zero-order valence-corrected chi connectivity index (χ0v) is 11.9. The maximum Gasteiger partial charge on any atom is 0.214 e. The van der Waals surface area contributed by atoms with Crippen LogP contribution >= 0.6 is 22.7 Å². The number of hydrogen-bond acceptors (Lipinski definition) is 6. The minimum atomic E-state index is 0.626. The highest BCUT2D eigenvalue weighted by Crippen LogP contribution is 2.25. The highest BCUT2D eigenvalue weighted by atomic mass is 32.1. The monoisotopic (exact) mass is 302 g/mol. The maximum atomic E-state index is 5.27. The molecule has 4 aromatic rings. The van der Waals surface area contributed by atoms with Crippen LogP contribution in [0.1, 0.15) is 5.76 Å². The second-order valence-electron chi connectivity index (χ2n) is 4.21. The number of furan rings is 1. The van der Waals surface area contributed by atoms with Gasteiger partial charge in [-0.2, -0.15) is 11.3 Å². The van der Waals surface area contributed by atoms with Crippen molar-refractivity contribution in [1.82, 2.24) is 14.6 Å². The Morgan fingerprint density at radius 2 is 2.35 bits per heavy atom. The lowest BCUT2D eigenvalue weighted by atomic mass is 10.3. The largest absolute Gasteiger partial charge is 0.467 e. The van der Waals surface area contributed by atoms with Crippen LogP contribution in [0.5, 0.6) is 0 Å². The SMILES string of the molecule is c1coc(CNc2nn3cc(-c4ccsc4)nc3s2)c1. The fraction of sp³-hybridized carbons (Fsp3) is 0.0769. The zero-order valence-electron chi connectivity index (χ0n) is 10.3. The highest BCUT2D eigenvalue weighted by Gasteiger charge is 2.10. The summed E-state index contributed by atoms with van der Waals surface area (Å²) < 4.78 is 7.08. The Kier molecular flexibility index (Phi) is 2.79. The second-order valence-corrected chi connectivity index (χ2v) is 5.94. The molecule has 0 unspecified atom stereocenters. The van der Waals surface area contributed by atoms with E-state index < -0.39 is 0 Å². The Morgan fingerprint density at radius 3 is 3.10 bits per heavy atom. The first-order valence-corrected chi connectivity index (χ1v) is 7.79. The van der Waals surface area contributed by atoms with Crippen LogP contribution in [-0.4, -0.2) is 14.6 Å². The molecule has 4 heterocycles. The molecule has 0 radical (unpaired) electrons. The van der Waals surface area contributed by atoms with Gasteiger partial charge in [0.2, 0.25) is 10.1 Å². The minimum absolute atomic E-state index is 0.626. The fourth-order valence-electron chi connectivity index (χ4n) is 1.90. The number of hydrogen-bond donors (Lipinski definition) is 1. The van der Waals surface area contributed by atoms with Gasteiger partial charge in [-0.1, -0.05) is 11.3 Å². The first kappa shape index (κ1) is 11.7. The van der Waals surface area contributed by atoms with Crippen molar-refractivity contribution in [3.05, 3.63) is 47.2 Å². The number of fused-ring (bicyclic) bond motifs is 1. The first-order valence-electron chi connectivity index (χ1n) is 6.03. The molecule has 0 aliphatic rings. The lowest BCUT2D eigenvalue weighted by molar-refractivity contribution is 0.518. The molecule has 100 valence electrons. The molecule has 0 saturated heterocycles. The number of nitrogens with zero attached hydrogens (tertiary/aromatic N) is 3. The normalized spacial score (nSPS) is 11.2. The first-order chi connectivity index (χ1) is 9.88. The van der Waals surface area contributed by atoms with Crippen molar-refractivity contribution < 1.29 is 4.42 Å². The molecule has 4 aromatic heterocycles. The molecule has 5 nitrogen and oxygen atoms in total. The minimum Gasteiger partial charge on any atom is -0.467 e. The quantitative estimate of drug-likeness (QED) is 0.624. The highest BCUT2D eigenvalue weighted by molar-refractivity contribution is 7.20. The number of rotatable bonds is 4. The summed E-state index contributed by atoms with van der Waals surface area (Å²) in [5, 5.41) is 12.7. The summed E-state index contributed by atoms with van der Waals surface area (Å²) >= 11 is 3.20. The molecule has 0 bridgehead atoms. The van der Waals surface area contributed by atoms with Gasteiger partial charge in [-0.05, 0) is 23.6 Å². The summed E-state index contributed by atoms with van der Waals surface area (Å²) in [7, 11) is 0. The molecule has 0 fully saturated rings. The van der Waals surface area contributed by atoms with Gasteiger partial charge >= 0.3 is 0 Å². The third-order valence-corrected chi connectivity index (χ3v) is 4.42. The molecule has 0 aliphatic carbocycles. The standard InChI is InChI=1S/C13H10N4OS2/c1-2-10(18-4-1)6-14-12-16-17-7-11(15-13(17)20-12)9-3-5-19-8-9/h1-5,7-8H,6H2,(H,14,16). The van der Waals surface area contributed by atoms with Crippen LogP contribution in [0.2, 0.25) is 0 Å². The van der Waals surface area contributed by atoms with Crippen molar-refractivity contribution in [1.29, 1.82) is 0 Å². The summed E-state index contributed by atoms with van der Waals surface area (Å²) in [6, 6.07) is 5.87. The van der Waals surface area contributed by atoms with Crippen molar-refractivity contribution >= 4 is 32.8 Å². The van der Waals surface area contributed by atoms with Crippen LogP contribution in [0.3, 0.4) is 0 Å². The van der Waals surface area contributed by atoms with E-state index in [9.17, 15) is 0 Å². The van der Waals surface area contributed by atoms with E-state index in [1.807, 2.05) is 28.2 Å². The van der Waals surface area contributed by atoms with Crippen molar-refractivity contribution in [3.63, 3.8) is 0 Å². The Morgan fingerprint density at radius 1 is 1.35 bits per heavy atom. The van der Waals surface area contributed by atoms with Crippen molar-refractivity contribution in [2.24, 2.45) is 0 Å². The van der Waals surface area contributed by atoms with Crippen LogP contribution in [0.4, 0.5) is 5.13 Å². The Labute approximate surface area is 122 Å². The molecule has 1 N–H and O–H groups in total. The van der Waals surface area contributed by atoms with Gasteiger partial charge in [0.15, 0.2) is 0 Å². The summed E-state index contributed by atoms with van der Waals surface area (Å²) in [5.74, 6) is 0.886. The van der Waals surface area contributed by atoms with E-state index in [0.29, 0.717) is 6.54 Å². The summed E-state index contributed by atoms with van der Waals surface area (Å²) in [5.41, 5.74) is 2.10. The number of aromatic nitrogens is 3. The number of nitrogens with one attached hydrogen (secondary N) is 1. The van der Waals surface area contributed by atoms with E-state index in [2.05, 4.69) is 26.8 Å². The Bertz CT molecular complexity index is 783. The zero-order chi connectivity index (χ0) is 13.4. The molecule has 0 atom stereocenters. The average Bonchev–Trinajstić information content (AvgIpc) is 3.19. The van der Waals surface area contributed by atoms with Crippen LogP contribution in [0, 0.1) is 0 Å². The van der Waals surface area contributed by atoms with E-state index in [-0.39, 0.29) is 0 Å². The smallest absolute Gasteiger partial charge is 0.214 e. The molecule has 0 saturated carbocycles. The van der Waals surface area contributed by atoms with Gasteiger partial charge < -0.3 is 9.73 Å². The molecule has 20 heavy (non-hydrogen) atoms. The lowest BCUT2D eigenvalue weighted by Gasteiger charge is -1.97. The lowest BCUT2D eigenvalue weighted by Crippen LogP contribution is -1.97. The van der Waals surface area contributed by atoms with E-state index >= 15 is 0 Å². The summed E-state index contributed by atoms with van der Waals surface area (Å²) in [6.45, 7) is 0.626. The Balaban J connectivity index is 1.56. The molecule has 0 aliphatic heterocycles. The van der Waals surface area contributed by atoms with Crippen LogP contribution in [0.15, 0.2) is 45.8 Å². The van der Waals surface area contributed by atoms with Gasteiger partial charge in [0.05, 0.1) is 24.7 Å². The van der Waals surface area contributed by atoms with Gasteiger partial charge in [0.1, 0.15) is 5.76 Å². The topological polar surface area (TPSA) is 55.4 Å². The predicted molar refractivity (Wildman–Crippen MR) is 80.2 cm³/mol. The molecule has 0 amide bonds. The third-order valence-electron chi connectivity index (χ3n) is 2.85. The molecule has 0 aromatic carbocycles. The third kappa shape index (κ3) is 2.10. The van der Waals surface area contributed by atoms with Crippen molar-refractivity contribution in [3.8, 4) is 11.3 Å². The van der Waals surface area contributed by atoms with Crippen molar-refractivity contribution in [2.75, 3.05) is 5.32 Å². The van der Waals surface area contributed by atoms with Crippen LogP contribution in [0.25, 0.3) is 16.2 Å². The number of imidazole rings is 1. The van der Waals surface area contributed by atoms with Crippen LogP contribution in [-0.2, 0) is 6.54 Å². The average molecular weight is 302 g/mol. The van der Waals surface area contributed by atoms with E-state index in [0.717, 1.165) is 27.1 Å². The molecule has 0 spiro atoms. The van der Waals surface area contributed by atoms with Crippen LogP contribution < -0.4 is 5.32 Å². The summed E-state index contributed by atoms with van der Waals surface area (Å²) in [6.07, 6.45) is 3.62.